The first-order valence-electron chi connectivity index (χ1n) is 9.52. The van der Waals surface area contributed by atoms with E-state index >= 15 is 0 Å². The van der Waals surface area contributed by atoms with Crippen LogP contribution in [0, 0.1) is 12.8 Å². The van der Waals surface area contributed by atoms with E-state index in [0.29, 0.717) is 11.3 Å². The lowest BCUT2D eigenvalue weighted by molar-refractivity contribution is -0.117. The number of carbonyl (C=O) groups is 2. The molecular formula is C21H21F2N5O3. The smallest absolute Gasteiger partial charge is 0.302 e. The van der Waals surface area contributed by atoms with Crippen LogP contribution in [0.25, 0.3) is 0 Å². The number of halogens is 2. The molecule has 2 aromatic heterocycles. The molecule has 1 aliphatic rings. The van der Waals surface area contributed by atoms with Gasteiger partial charge in [0.1, 0.15) is 5.69 Å². The maximum absolute atomic E-state index is 13.6. The third kappa shape index (κ3) is 5.97. The van der Waals surface area contributed by atoms with Crippen LogP contribution in [-0.2, 0) is 4.79 Å². The van der Waals surface area contributed by atoms with Crippen LogP contribution in [-0.4, -0.2) is 45.5 Å². The minimum Gasteiger partial charge on any atom is -0.471 e. The van der Waals surface area contributed by atoms with E-state index in [1.54, 1.807) is 13.0 Å². The molecule has 0 saturated heterocycles. The Morgan fingerprint density at radius 2 is 2.06 bits per heavy atom. The number of carbonyl (C=O) groups excluding carboxylic acids is 2. The highest BCUT2D eigenvalue weighted by atomic mass is 19.3. The molecule has 0 radical (unpaired) electrons. The predicted octanol–water partition coefficient (Wildman–Crippen LogP) is 3.38. The molecule has 1 saturated carbocycles. The van der Waals surface area contributed by atoms with Gasteiger partial charge in [-0.3, -0.25) is 14.9 Å². The number of alkyl halides is 2. The number of amides is 2. The highest BCUT2D eigenvalue weighted by Crippen LogP contribution is 2.29. The fraction of sp³-hybridized carbons (Fsp3) is 0.333. The monoisotopic (exact) mass is 429 g/mol. The Kier molecular flexibility index (Phi) is 6.47. The molecule has 0 bridgehead atoms. The summed E-state index contributed by atoms with van der Waals surface area (Å²) in [6, 6.07) is 4.34. The van der Waals surface area contributed by atoms with Gasteiger partial charge < -0.3 is 4.74 Å². The summed E-state index contributed by atoms with van der Waals surface area (Å²) < 4.78 is 32.2. The molecule has 162 valence electrons. The van der Waals surface area contributed by atoms with Crippen molar-refractivity contribution in [1.29, 1.82) is 0 Å². The van der Waals surface area contributed by atoms with Crippen molar-refractivity contribution in [3.63, 3.8) is 0 Å². The van der Waals surface area contributed by atoms with Gasteiger partial charge in [0.2, 0.25) is 17.7 Å². The minimum atomic E-state index is -3.16. The Morgan fingerprint density at radius 1 is 1.32 bits per heavy atom. The normalized spacial score (nSPS) is 13.8. The van der Waals surface area contributed by atoms with Gasteiger partial charge in [0.15, 0.2) is 6.61 Å². The molecule has 1 fully saturated rings. The van der Waals surface area contributed by atoms with Gasteiger partial charge in [-0.15, -0.1) is 0 Å². The molecule has 0 unspecified atom stereocenters. The average molecular weight is 429 g/mol. The Labute approximate surface area is 177 Å². The summed E-state index contributed by atoms with van der Waals surface area (Å²) in [7, 11) is 0. The molecule has 31 heavy (non-hydrogen) atoms. The van der Waals surface area contributed by atoms with Crippen LogP contribution in [0.15, 0.2) is 41.5 Å². The van der Waals surface area contributed by atoms with Gasteiger partial charge >= 0.3 is 5.92 Å². The molecule has 2 aromatic rings. The van der Waals surface area contributed by atoms with Crippen molar-refractivity contribution in [2.75, 3.05) is 11.9 Å². The Balaban J connectivity index is 1.64. The van der Waals surface area contributed by atoms with Gasteiger partial charge in [0.25, 0.3) is 5.91 Å². The van der Waals surface area contributed by atoms with Crippen molar-refractivity contribution in [1.82, 2.24) is 15.0 Å². The van der Waals surface area contributed by atoms with E-state index in [1.807, 2.05) is 0 Å². The molecular weight excluding hydrogens is 408 g/mol. The molecule has 0 spiro atoms. The fourth-order valence-corrected chi connectivity index (χ4v) is 2.34. The number of hydrogen-bond acceptors (Lipinski definition) is 6. The average Bonchev–Trinajstić information content (AvgIpc) is 3.57. The molecule has 2 heterocycles. The molecule has 1 aliphatic carbocycles. The lowest BCUT2D eigenvalue weighted by Crippen LogP contribution is -2.26. The van der Waals surface area contributed by atoms with Gasteiger partial charge in [-0.05, 0) is 44.4 Å². The molecule has 0 atom stereocenters. The van der Waals surface area contributed by atoms with Crippen LogP contribution < -0.4 is 10.1 Å². The van der Waals surface area contributed by atoms with E-state index in [0.717, 1.165) is 12.8 Å². The fourth-order valence-electron chi connectivity index (χ4n) is 2.34. The Morgan fingerprint density at radius 3 is 2.71 bits per heavy atom. The van der Waals surface area contributed by atoms with Gasteiger partial charge in [-0.25, -0.2) is 19.9 Å². The molecule has 8 nitrogen and oxygen atoms in total. The summed E-state index contributed by atoms with van der Waals surface area (Å²) in [4.78, 5) is 40.0. The van der Waals surface area contributed by atoms with Crippen molar-refractivity contribution in [3.8, 4) is 5.88 Å². The molecule has 0 aliphatic heterocycles. The summed E-state index contributed by atoms with van der Waals surface area (Å²) in [6.45, 7) is 5.22. The first-order valence-corrected chi connectivity index (χ1v) is 9.52. The van der Waals surface area contributed by atoms with Gasteiger partial charge in [-0.1, -0.05) is 6.58 Å². The van der Waals surface area contributed by atoms with Gasteiger partial charge in [-0.2, -0.15) is 8.78 Å². The second-order valence-electron chi connectivity index (χ2n) is 7.19. The zero-order valence-electron chi connectivity index (χ0n) is 17.1. The standard InChI is InChI=1S/C21H21F2N5O3/c1-12(2)21(22,23)11-31-17-7-6-15(13(3)26-17)10-25-19(30)16-8-9-24-20(27-16)28-18(29)14-4-5-14/h6-10,14H,1,4-5,11H2,2-3H3,(H,24,27,28,29). The van der Waals surface area contributed by atoms with E-state index in [9.17, 15) is 18.4 Å². The maximum Gasteiger partial charge on any atom is 0.302 e. The number of nitrogens with zero attached hydrogens (tertiary/aromatic N) is 4. The molecule has 0 aromatic carbocycles. The summed E-state index contributed by atoms with van der Waals surface area (Å²) in [5.41, 5.74) is 0.660. The molecule has 10 heteroatoms. The number of rotatable bonds is 8. The van der Waals surface area contributed by atoms with E-state index in [2.05, 4.69) is 31.8 Å². The first-order chi connectivity index (χ1) is 14.7. The molecule has 1 N–H and O–H groups in total. The van der Waals surface area contributed by atoms with E-state index in [-0.39, 0.29) is 34.9 Å². The predicted molar refractivity (Wildman–Crippen MR) is 110 cm³/mol. The largest absolute Gasteiger partial charge is 0.471 e. The zero-order valence-corrected chi connectivity index (χ0v) is 17.1. The van der Waals surface area contributed by atoms with Crippen LogP contribution in [0.4, 0.5) is 14.7 Å². The second kappa shape index (κ2) is 9.07. The van der Waals surface area contributed by atoms with Crippen LogP contribution in [0.3, 0.4) is 0 Å². The van der Waals surface area contributed by atoms with Crippen LogP contribution in [0.1, 0.15) is 41.5 Å². The molecule has 2 amide bonds. The van der Waals surface area contributed by atoms with E-state index in [1.165, 1.54) is 31.5 Å². The quantitative estimate of drug-likeness (QED) is 0.509. The maximum atomic E-state index is 13.6. The number of aromatic nitrogens is 3. The summed E-state index contributed by atoms with van der Waals surface area (Å²) >= 11 is 0. The summed E-state index contributed by atoms with van der Waals surface area (Å²) in [5, 5.41) is 2.57. The number of hydrogen-bond donors (Lipinski definition) is 1. The Hall–Kier alpha value is -3.56. The van der Waals surface area contributed by atoms with E-state index < -0.39 is 18.4 Å². The lowest BCUT2D eigenvalue weighted by atomic mass is 10.2. The number of anilines is 1. The van der Waals surface area contributed by atoms with E-state index in [4.69, 9.17) is 4.74 Å². The SMILES string of the molecule is C=C(C)C(F)(F)COc1ccc(C=NC(=O)c2ccnc(NC(=O)C3CC3)n2)c(C)n1. The number of nitrogens with one attached hydrogen (secondary N) is 1. The summed E-state index contributed by atoms with van der Waals surface area (Å²) in [6.07, 6.45) is 4.32. The van der Waals surface area contributed by atoms with Crippen molar-refractivity contribution < 1.29 is 23.1 Å². The van der Waals surface area contributed by atoms with Crippen molar-refractivity contribution in [2.24, 2.45) is 10.9 Å². The highest BCUT2D eigenvalue weighted by Gasteiger charge is 2.31. The van der Waals surface area contributed by atoms with Crippen LogP contribution in [0.2, 0.25) is 0 Å². The number of aliphatic imine (C=N–C) groups is 1. The first kappa shape index (κ1) is 22.1. The van der Waals surface area contributed by atoms with Crippen molar-refractivity contribution in [3.05, 3.63) is 53.5 Å². The Bertz CT molecular complexity index is 1050. The number of aryl methyl sites for hydroxylation is 1. The summed E-state index contributed by atoms with van der Waals surface area (Å²) in [5.74, 6) is -3.91. The number of ether oxygens (including phenoxy) is 1. The minimum absolute atomic E-state index is 0.0181. The molecule has 3 rings (SSSR count). The van der Waals surface area contributed by atoms with Gasteiger partial charge in [0.05, 0.1) is 5.69 Å². The van der Waals surface area contributed by atoms with Gasteiger partial charge in [0, 0.05) is 30.0 Å². The van der Waals surface area contributed by atoms with Crippen molar-refractivity contribution in [2.45, 2.75) is 32.6 Å². The van der Waals surface area contributed by atoms with Crippen LogP contribution in [0.5, 0.6) is 5.88 Å². The lowest BCUT2D eigenvalue weighted by Gasteiger charge is -2.16. The topological polar surface area (TPSA) is 106 Å². The van der Waals surface area contributed by atoms with Crippen molar-refractivity contribution >= 4 is 24.0 Å². The third-order valence-corrected chi connectivity index (χ3v) is 4.51. The number of pyridine rings is 1. The third-order valence-electron chi connectivity index (χ3n) is 4.51. The van der Waals surface area contributed by atoms with Crippen LogP contribution >= 0.6 is 0 Å². The second-order valence-corrected chi connectivity index (χ2v) is 7.19. The highest BCUT2D eigenvalue weighted by molar-refractivity contribution is 6.01. The zero-order chi connectivity index (χ0) is 22.6.